The lowest BCUT2D eigenvalue weighted by molar-refractivity contribution is -0.118. The first kappa shape index (κ1) is 25.5. The van der Waals surface area contributed by atoms with Gasteiger partial charge in [-0.3, -0.25) is 4.79 Å². The fourth-order valence-corrected chi connectivity index (χ4v) is 3.64. The van der Waals surface area contributed by atoms with Crippen molar-refractivity contribution >= 4 is 5.91 Å². The molecular formula is C24H49NO. The number of nitrogens with one attached hydrogen (secondary N) is 1. The highest BCUT2D eigenvalue weighted by Gasteiger charge is 1.95. The van der Waals surface area contributed by atoms with Gasteiger partial charge in [0.05, 0.1) is 0 Å². The Balaban J connectivity index is 2.98. The van der Waals surface area contributed by atoms with Gasteiger partial charge in [0.15, 0.2) is 0 Å². The fraction of sp³-hybridized carbons (Fsp3) is 0.958. The van der Waals surface area contributed by atoms with E-state index in [1.807, 2.05) is 0 Å². The molecule has 1 amide bonds. The second-order valence-corrected chi connectivity index (χ2v) is 8.20. The van der Waals surface area contributed by atoms with Crippen molar-refractivity contribution in [3.8, 4) is 0 Å². The third-order valence-electron chi connectivity index (χ3n) is 5.40. The minimum atomic E-state index is 0.0998. The molecule has 1 N–H and O–H groups in total. The van der Waals surface area contributed by atoms with Gasteiger partial charge in [-0.25, -0.2) is 0 Å². The molecule has 0 rings (SSSR count). The van der Waals surface area contributed by atoms with Gasteiger partial charge < -0.3 is 5.32 Å². The van der Waals surface area contributed by atoms with E-state index in [1.54, 1.807) is 6.92 Å². The van der Waals surface area contributed by atoms with E-state index < -0.39 is 0 Å². The number of unbranched alkanes of at least 4 members (excludes halogenated alkanes) is 19. The van der Waals surface area contributed by atoms with Crippen LogP contribution < -0.4 is 5.32 Å². The highest BCUT2D eigenvalue weighted by atomic mass is 16.1. The Bertz CT molecular complexity index is 277. The average Bonchev–Trinajstić information content (AvgIpc) is 2.62. The molecule has 0 aromatic carbocycles. The quantitative estimate of drug-likeness (QED) is 0.205. The van der Waals surface area contributed by atoms with Gasteiger partial charge in [0.25, 0.3) is 0 Å². The molecule has 0 aromatic heterocycles. The Hall–Kier alpha value is -0.530. The molecule has 0 bridgehead atoms. The number of amides is 1. The standard InChI is InChI=1S/C24H49NO/c1-3-4-5-6-7-8-9-10-11-12-13-14-15-16-17-18-19-20-21-22-23-25-24(2)26/h3-23H2,1-2H3,(H,25,26). The van der Waals surface area contributed by atoms with Crippen molar-refractivity contribution in [2.24, 2.45) is 0 Å². The molecule has 2 nitrogen and oxygen atoms in total. The van der Waals surface area contributed by atoms with Crippen molar-refractivity contribution < 1.29 is 4.79 Å². The molecule has 26 heavy (non-hydrogen) atoms. The fourth-order valence-electron chi connectivity index (χ4n) is 3.64. The number of carbonyl (C=O) groups is 1. The molecule has 0 fully saturated rings. The van der Waals surface area contributed by atoms with Crippen molar-refractivity contribution in [3.05, 3.63) is 0 Å². The van der Waals surface area contributed by atoms with Crippen molar-refractivity contribution in [3.63, 3.8) is 0 Å². The zero-order valence-corrected chi connectivity index (χ0v) is 18.3. The lowest BCUT2D eigenvalue weighted by atomic mass is 10.0. The van der Waals surface area contributed by atoms with Gasteiger partial charge in [0, 0.05) is 13.5 Å². The Labute approximate surface area is 165 Å². The monoisotopic (exact) mass is 367 g/mol. The molecule has 0 spiro atoms. The topological polar surface area (TPSA) is 29.1 Å². The summed E-state index contributed by atoms with van der Waals surface area (Å²) >= 11 is 0. The largest absolute Gasteiger partial charge is 0.356 e. The predicted octanol–water partition coefficient (Wildman–Crippen LogP) is 7.94. The van der Waals surface area contributed by atoms with Gasteiger partial charge in [-0.1, -0.05) is 129 Å². The number of hydrogen-bond acceptors (Lipinski definition) is 1. The molecule has 0 aliphatic carbocycles. The van der Waals surface area contributed by atoms with Crippen molar-refractivity contribution in [2.75, 3.05) is 6.54 Å². The lowest BCUT2D eigenvalue weighted by Gasteiger charge is -2.04. The van der Waals surface area contributed by atoms with Crippen LogP contribution in [0.3, 0.4) is 0 Å². The van der Waals surface area contributed by atoms with E-state index in [9.17, 15) is 4.79 Å². The summed E-state index contributed by atoms with van der Waals surface area (Å²) in [5.41, 5.74) is 0. The summed E-state index contributed by atoms with van der Waals surface area (Å²) in [6.07, 6.45) is 28.2. The second kappa shape index (κ2) is 22.5. The van der Waals surface area contributed by atoms with Crippen molar-refractivity contribution in [1.82, 2.24) is 5.32 Å². The summed E-state index contributed by atoms with van der Waals surface area (Å²) in [5.74, 6) is 0.0998. The summed E-state index contributed by atoms with van der Waals surface area (Å²) in [5, 5.41) is 2.87. The van der Waals surface area contributed by atoms with E-state index in [2.05, 4.69) is 12.2 Å². The first-order valence-electron chi connectivity index (χ1n) is 12.0. The van der Waals surface area contributed by atoms with Crippen LogP contribution in [0.5, 0.6) is 0 Å². The van der Waals surface area contributed by atoms with Crippen LogP contribution in [0.1, 0.15) is 142 Å². The smallest absolute Gasteiger partial charge is 0.216 e. The SMILES string of the molecule is CCCCCCCCCCCCCCCCCCCCCCNC(C)=O. The highest BCUT2D eigenvalue weighted by molar-refractivity contribution is 5.72. The normalized spacial score (nSPS) is 11.0. The molecule has 0 atom stereocenters. The molecular weight excluding hydrogens is 318 g/mol. The predicted molar refractivity (Wildman–Crippen MR) is 117 cm³/mol. The van der Waals surface area contributed by atoms with E-state index in [4.69, 9.17) is 0 Å². The van der Waals surface area contributed by atoms with Gasteiger partial charge in [0.2, 0.25) is 5.91 Å². The Morgan fingerprint density at radius 3 is 1.04 bits per heavy atom. The molecule has 0 saturated carbocycles. The van der Waals surface area contributed by atoms with Gasteiger partial charge >= 0.3 is 0 Å². The van der Waals surface area contributed by atoms with Gasteiger partial charge in [-0.2, -0.15) is 0 Å². The number of carbonyl (C=O) groups excluding carboxylic acids is 1. The second-order valence-electron chi connectivity index (χ2n) is 8.20. The summed E-state index contributed by atoms with van der Waals surface area (Å²) in [7, 11) is 0. The maximum absolute atomic E-state index is 10.7. The third kappa shape index (κ3) is 23.5. The molecule has 0 radical (unpaired) electrons. The molecule has 2 heteroatoms. The minimum absolute atomic E-state index is 0.0998. The van der Waals surface area contributed by atoms with Crippen LogP contribution in [0, 0.1) is 0 Å². The van der Waals surface area contributed by atoms with Crippen molar-refractivity contribution in [1.29, 1.82) is 0 Å². The average molecular weight is 368 g/mol. The van der Waals surface area contributed by atoms with Crippen LogP contribution >= 0.6 is 0 Å². The molecule has 0 saturated heterocycles. The Morgan fingerprint density at radius 1 is 0.500 bits per heavy atom. The van der Waals surface area contributed by atoms with E-state index in [1.165, 1.54) is 122 Å². The zero-order valence-electron chi connectivity index (χ0n) is 18.3. The van der Waals surface area contributed by atoms with Crippen LogP contribution in [-0.4, -0.2) is 12.5 Å². The highest BCUT2D eigenvalue weighted by Crippen LogP contribution is 2.14. The van der Waals surface area contributed by atoms with Crippen LogP contribution in [0.25, 0.3) is 0 Å². The van der Waals surface area contributed by atoms with Gasteiger partial charge in [-0.15, -0.1) is 0 Å². The number of hydrogen-bond donors (Lipinski definition) is 1. The molecule has 0 aromatic rings. The molecule has 0 aliphatic heterocycles. The van der Waals surface area contributed by atoms with E-state index in [0.717, 1.165) is 13.0 Å². The molecule has 0 aliphatic rings. The summed E-state index contributed by atoms with van der Waals surface area (Å²) < 4.78 is 0. The van der Waals surface area contributed by atoms with Gasteiger partial charge in [0.1, 0.15) is 0 Å². The van der Waals surface area contributed by atoms with Gasteiger partial charge in [-0.05, 0) is 6.42 Å². The number of rotatable bonds is 21. The van der Waals surface area contributed by atoms with E-state index in [0.29, 0.717) is 0 Å². The maximum Gasteiger partial charge on any atom is 0.216 e. The first-order chi connectivity index (χ1) is 12.8. The summed E-state index contributed by atoms with van der Waals surface area (Å²) in [4.78, 5) is 10.7. The Kier molecular flexibility index (Phi) is 22.1. The Morgan fingerprint density at radius 2 is 0.769 bits per heavy atom. The zero-order chi connectivity index (χ0) is 19.1. The maximum atomic E-state index is 10.7. The third-order valence-corrected chi connectivity index (χ3v) is 5.40. The van der Waals surface area contributed by atoms with Crippen LogP contribution in [-0.2, 0) is 4.79 Å². The van der Waals surface area contributed by atoms with E-state index in [-0.39, 0.29) is 5.91 Å². The summed E-state index contributed by atoms with van der Waals surface area (Å²) in [6.45, 7) is 4.74. The van der Waals surface area contributed by atoms with Crippen molar-refractivity contribution in [2.45, 2.75) is 142 Å². The first-order valence-corrected chi connectivity index (χ1v) is 12.0. The molecule has 156 valence electrons. The van der Waals surface area contributed by atoms with Crippen LogP contribution in [0.15, 0.2) is 0 Å². The van der Waals surface area contributed by atoms with Crippen LogP contribution in [0.2, 0.25) is 0 Å². The minimum Gasteiger partial charge on any atom is -0.356 e. The van der Waals surface area contributed by atoms with Crippen LogP contribution in [0.4, 0.5) is 0 Å². The lowest BCUT2D eigenvalue weighted by Crippen LogP contribution is -2.20. The molecule has 0 unspecified atom stereocenters. The summed E-state index contributed by atoms with van der Waals surface area (Å²) in [6, 6.07) is 0. The van der Waals surface area contributed by atoms with E-state index >= 15 is 0 Å². The molecule has 0 heterocycles.